The summed E-state index contributed by atoms with van der Waals surface area (Å²) >= 11 is 0.869. The van der Waals surface area contributed by atoms with E-state index in [0.717, 1.165) is 91.0 Å². The van der Waals surface area contributed by atoms with Crippen LogP contribution in [0.5, 0.6) is 0 Å². The van der Waals surface area contributed by atoms with Crippen LogP contribution in [0.15, 0.2) is 118 Å². The Labute approximate surface area is 359 Å². The summed E-state index contributed by atoms with van der Waals surface area (Å²) in [5, 5.41) is 15.7. The van der Waals surface area contributed by atoms with Crippen LogP contribution in [0.2, 0.25) is 0 Å². The molecule has 4 aromatic carbocycles. The Balaban J connectivity index is 1.22. The first-order chi connectivity index (χ1) is 28.6. The number of allylic oxidation sites excluding steroid dienone is 8. The Morgan fingerprint density at radius 1 is 0.770 bits per heavy atom. The van der Waals surface area contributed by atoms with Crippen molar-refractivity contribution in [1.82, 2.24) is 0 Å². The van der Waals surface area contributed by atoms with E-state index in [4.69, 9.17) is 5.26 Å². The quantitative estimate of drug-likeness (QED) is 0.0290. The monoisotopic (exact) mass is 911 g/mol. The lowest BCUT2D eigenvalue weighted by molar-refractivity contribution is -0.437. The summed E-state index contributed by atoms with van der Waals surface area (Å²) in [4.78, 5) is 2.62. The van der Waals surface area contributed by atoms with E-state index in [2.05, 4.69) is 66.3 Å². The molecule has 18 heteroatoms. The van der Waals surface area contributed by atoms with Gasteiger partial charge in [-0.3, -0.25) is 13.7 Å². The minimum Gasteiger partial charge on any atom is -0.344 e. The average Bonchev–Trinajstić information content (AvgIpc) is 3.78. The number of anilines is 1. The van der Waals surface area contributed by atoms with Crippen LogP contribution in [-0.2, 0) is 50.6 Å². The van der Waals surface area contributed by atoms with Crippen molar-refractivity contribution in [3.8, 4) is 0 Å². The van der Waals surface area contributed by atoms with E-state index in [9.17, 15) is 38.9 Å². The minimum absolute atomic E-state index is 0.160. The van der Waals surface area contributed by atoms with Gasteiger partial charge in [-0.05, 0) is 114 Å². The van der Waals surface area contributed by atoms with Crippen LogP contribution in [-0.4, -0.2) is 79.1 Å². The van der Waals surface area contributed by atoms with Crippen molar-refractivity contribution < 1.29 is 58.1 Å². The van der Waals surface area contributed by atoms with E-state index in [1.165, 1.54) is 12.1 Å². The zero-order valence-corrected chi connectivity index (χ0v) is 37.2. The zero-order valence-electron chi connectivity index (χ0n) is 33.9. The molecule has 7 rings (SSSR count). The fourth-order valence-electron chi connectivity index (χ4n) is 9.01. The van der Waals surface area contributed by atoms with Crippen molar-refractivity contribution in [3.63, 3.8) is 0 Å². The maximum atomic E-state index is 11.9. The summed E-state index contributed by atoms with van der Waals surface area (Å²) < 4.78 is 106. The molecule has 3 aliphatic rings. The molecule has 2 heterocycles. The molecule has 0 atom stereocenters. The van der Waals surface area contributed by atoms with Crippen molar-refractivity contribution in [3.05, 3.63) is 119 Å². The van der Waals surface area contributed by atoms with Crippen LogP contribution in [0.4, 0.5) is 11.4 Å². The number of nitrogens with zero attached hydrogens (tertiary/aromatic N) is 2. The van der Waals surface area contributed by atoms with Gasteiger partial charge in [0, 0.05) is 52.4 Å². The number of benzene rings is 4. The highest BCUT2D eigenvalue weighted by molar-refractivity contribution is 7.94. The fourth-order valence-corrected chi connectivity index (χ4v) is 10.9. The first-order valence-corrected chi connectivity index (χ1v) is 24.9. The van der Waals surface area contributed by atoms with Gasteiger partial charge in [-0.2, -0.15) is 29.8 Å². The average molecular weight is 912 g/mol. The van der Waals surface area contributed by atoms with Gasteiger partial charge < -0.3 is 4.90 Å². The first kappa shape index (κ1) is 44.8. The van der Waals surface area contributed by atoms with Gasteiger partial charge >= 0.3 is 0 Å². The maximum absolute atomic E-state index is 11.9. The van der Waals surface area contributed by atoms with E-state index in [1.54, 1.807) is 12.1 Å². The van der Waals surface area contributed by atoms with Gasteiger partial charge in [0.25, 0.3) is 30.4 Å². The smallest absolute Gasteiger partial charge is 0.294 e. The van der Waals surface area contributed by atoms with Crippen LogP contribution in [0.25, 0.3) is 21.5 Å². The Bertz CT molecular complexity index is 2950. The third-order valence-corrected chi connectivity index (χ3v) is 14.7. The molecule has 0 amide bonds. The lowest BCUT2D eigenvalue weighted by Crippen LogP contribution is -2.28. The van der Waals surface area contributed by atoms with Gasteiger partial charge in [0.2, 0.25) is 5.69 Å². The van der Waals surface area contributed by atoms with E-state index < -0.39 is 46.9 Å². The second kappa shape index (κ2) is 16.8. The standard InChI is InChI=1S/C43H46N2O12S4/c1-42(2)38(44(21-5-23-59(47,48)49)36-17-11-30-26-32(58-57-56-46)13-15-34(30)40(36)42)19-9-28-7-8-29(25-28)10-20-39-43(3,4)41-35-16-14-33(61(53,54)55)27-31(35)12-18-37(41)45(39)22-6-24-60(50,51)52/h9-20,25-27H,5-8,21-24H2,1-4H3,(H3-,46,47,48,49,50,51,52,53,54,55)/p+1. The topological polar surface area (TPSA) is 208 Å². The molecule has 0 saturated heterocycles. The van der Waals surface area contributed by atoms with Crippen LogP contribution in [0.3, 0.4) is 0 Å². The van der Waals surface area contributed by atoms with E-state index in [0.29, 0.717) is 18.5 Å². The Kier molecular flexibility index (Phi) is 12.4. The highest BCUT2D eigenvalue weighted by Gasteiger charge is 2.46. The van der Waals surface area contributed by atoms with Crippen LogP contribution < -0.4 is 4.90 Å². The minimum atomic E-state index is -4.42. The van der Waals surface area contributed by atoms with Gasteiger partial charge in [0.15, 0.2) is 5.71 Å². The molecule has 61 heavy (non-hydrogen) atoms. The van der Waals surface area contributed by atoms with Gasteiger partial charge in [0.1, 0.15) is 6.54 Å². The number of hydrogen-bond donors (Lipinski definition) is 4. The summed E-state index contributed by atoms with van der Waals surface area (Å²) in [7, 11) is -12.8. The molecule has 0 unspecified atom stereocenters. The molecule has 2 aliphatic heterocycles. The summed E-state index contributed by atoms with van der Waals surface area (Å²) in [6.45, 7) is 9.00. The van der Waals surface area contributed by atoms with Crippen molar-refractivity contribution in [2.45, 2.75) is 74.0 Å². The molecule has 4 N–H and O–H groups in total. The fraction of sp³-hybridized carbons (Fsp3) is 0.326. The van der Waals surface area contributed by atoms with Crippen molar-refractivity contribution in [2.75, 3.05) is 29.5 Å². The number of rotatable bonds is 15. The molecule has 0 fully saturated rings. The highest BCUT2D eigenvalue weighted by atomic mass is 32.2. The summed E-state index contributed by atoms with van der Waals surface area (Å²) in [6.07, 6.45) is 12.3. The van der Waals surface area contributed by atoms with Crippen molar-refractivity contribution in [1.29, 1.82) is 0 Å². The van der Waals surface area contributed by atoms with E-state index in [1.807, 2.05) is 47.0 Å². The Morgan fingerprint density at radius 2 is 1.44 bits per heavy atom. The van der Waals surface area contributed by atoms with E-state index in [-0.39, 0.29) is 23.5 Å². The molecule has 0 radical (unpaired) electrons. The molecule has 0 bridgehead atoms. The third kappa shape index (κ3) is 9.44. The molecule has 0 spiro atoms. The second-order valence-corrected chi connectivity index (χ2v) is 21.8. The van der Waals surface area contributed by atoms with E-state index >= 15 is 0 Å². The predicted octanol–water partition coefficient (Wildman–Crippen LogP) is 8.48. The lowest BCUT2D eigenvalue weighted by Gasteiger charge is -2.27. The summed E-state index contributed by atoms with van der Waals surface area (Å²) in [5.74, 6) is -0.791. The SMILES string of the molecule is CC1(C)C(/C=C/C2=CC(=C/C=C3/N(CCCS(=O)(=O)O)c4ccc5cc(SOOO)ccc5c4C3(C)C)/CC2)=[N+](CCCS(=O)(=O)O)c2ccc3cc(S(=O)(=O)O)ccc3c21. The molecular formula is C43H47N2O12S4+. The molecule has 0 aromatic heterocycles. The van der Waals surface area contributed by atoms with Crippen LogP contribution >= 0.6 is 12.0 Å². The summed E-state index contributed by atoms with van der Waals surface area (Å²) in [5.41, 5.74) is 6.63. The van der Waals surface area contributed by atoms with Crippen LogP contribution in [0.1, 0.15) is 64.5 Å². The van der Waals surface area contributed by atoms with Crippen LogP contribution in [0, 0.1) is 0 Å². The van der Waals surface area contributed by atoms with Gasteiger partial charge in [0.05, 0.1) is 33.9 Å². The zero-order chi connectivity index (χ0) is 44.1. The normalized spacial score (nSPS) is 19.0. The number of fused-ring (bicyclic) bond motifs is 6. The summed E-state index contributed by atoms with van der Waals surface area (Å²) in [6, 6.07) is 17.9. The molecule has 4 aromatic rings. The molecular weight excluding hydrogens is 865 g/mol. The third-order valence-electron chi connectivity index (χ3n) is 11.6. The molecule has 14 nitrogen and oxygen atoms in total. The largest absolute Gasteiger partial charge is 0.344 e. The lowest BCUT2D eigenvalue weighted by atomic mass is 9.79. The predicted molar refractivity (Wildman–Crippen MR) is 236 cm³/mol. The van der Waals surface area contributed by atoms with Gasteiger partial charge in [-0.15, -0.1) is 4.33 Å². The van der Waals surface area contributed by atoms with Gasteiger partial charge in [-0.1, -0.05) is 55.3 Å². The Hall–Kier alpha value is -4.21. The molecule has 1 aliphatic carbocycles. The first-order valence-electron chi connectivity index (χ1n) is 19.5. The van der Waals surface area contributed by atoms with Gasteiger partial charge in [-0.25, -0.2) is 5.26 Å². The highest BCUT2D eigenvalue weighted by Crippen LogP contribution is 2.51. The van der Waals surface area contributed by atoms with Crippen molar-refractivity contribution >= 4 is 81.0 Å². The molecule has 0 saturated carbocycles. The molecule has 324 valence electrons. The number of hydrogen-bond acceptors (Lipinski definition) is 11. The Morgan fingerprint density at radius 3 is 2.15 bits per heavy atom. The second-order valence-electron chi connectivity index (χ2n) is 16.5. The maximum Gasteiger partial charge on any atom is 0.294 e. The van der Waals surface area contributed by atoms with Crippen molar-refractivity contribution in [2.24, 2.45) is 0 Å².